The van der Waals surface area contributed by atoms with Gasteiger partial charge in [-0.2, -0.15) is 0 Å². The molecule has 0 bridgehead atoms. The van der Waals surface area contributed by atoms with E-state index < -0.39 is 15.6 Å². The van der Waals surface area contributed by atoms with E-state index in [4.69, 9.17) is 55.2 Å². The van der Waals surface area contributed by atoms with E-state index in [2.05, 4.69) is 0 Å². The number of alkyl halides is 1. The molecule has 0 radical (unpaired) electrons. The van der Waals surface area contributed by atoms with E-state index in [-0.39, 0.29) is 32.5 Å². The largest absolute Gasteiger partial charge is 2.00 e. The van der Waals surface area contributed by atoms with Gasteiger partial charge in [0.05, 0.1) is 6.61 Å². The summed E-state index contributed by atoms with van der Waals surface area (Å²) in [5.74, 6) is 0.347. The molecule has 0 spiro atoms. The summed E-state index contributed by atoms with van der Waals surface area (Å²) >= 11 is 4.94. The Hall–Kier alpha value is 1.24. The number of halogens is 1. The van der Waals surface area contributed by atoms with Crippen molar-refractivity contribution < 1.29 is 46.5 Å². The Labute approximate surface area is 109 Å². The molecule has 0 saturated heterocycles. The van der Waals surface area contributed by atoms with Crippen LogP contribution in [0, 0.1) is 0 Å². The molecule has 0 saturated carbocycles. The average Bonchev–Trinajstić information content (AvgIpc) is 1.79. The SMILES string of the molecule is O=P(O)(O)O.O=P(O)(O)O.OCCCl.[H-].[H-].[Mg+2]. The van der Waals surface area contributed by atoms with E-state index in [1.54, 1.807) is 0 Å². The van der Waals surface area contributed by atoms with Crippen molar-refractivity contribution in [2.45, 2.75) is 0 Å². The first-order valence-electron chi connectivity index (χ1n) is 2.65. The Morgan fingerprint density at radius 3 is 1.00 bits per heavy atom. The third kappa shape index (κ3) is 534. The maximum atomic E-state index is 8.88. The van der Waals surface area contributed by atoms with Gasteiger partial charge in [-0.15, -0.1) is 11.6 Å². The molecule has 15 heavy (non-hydrogen) atoms. The smallest absolute Gasteiger partial charge is 1.00 e. The van der Waals surface area contributed by atoms with Crippen molar-refractivity contribution in [3.63, 3.8) is 0 Å². The Morgan fingerprint density at radius 2 is 1.00 bits per heavy atom. The van der Waals surface area contributed by atoms with E-state index in [0.717, 1.165) is 0 Å². The van der Waals surface area contributed by atoms with Crippen LogP contribution in [0.25, 0.3) is 0 Å². The molecule has 0 aromatic carbocycles. The van der Waals surface area contributed by atoms with Gasteiger partial charge < -0.3 is 37.3 Å². The monoisotopic (exact) mass is 302 g/mol. The molecule has 9 nitrogen and oxygen atoms in total. The molecule has 7 N–H and O–H groups in total. The molecular weight excluding hydrogens is 290 g/mol. The Balaban J connectivity index is -0.0000000247. The van der Waals surface area contributed by atoms with E-state index in [1.165, 1.54) is 0 Å². The summed E-state index contributed by atoms with van der Waals surface area (Å²) in [6.45, 7) is 0.0849. The first kappa shape index (κ1) is 25.2. The van der Waals surface area contributed by atoms with Crippen molar-refractivity contribution in [2.75, 3.05) is 12.5 Å². The molecule has 94 valence electrons. The van der Waals surface area contributed by atoms with Gasteiger partial charge in [0.25, 0.3) is 0 Å². The number of aliphatic hydroxyl groups is 1. The van der Waals surface area contributed by atoms with Gasteiger partial charge >= 0.3 is 38.7 Å². The van der Waals surface area contributed by atoms with Crippen LogP contribution in [0.15, 0.2) is 0 Å². The van der Waals surface area contributed by atoms with Crippen LogP contribution < -0.4 is 0 Å². The zero-order valence-electron chi connectivity index (χ0n) is 9.34. The zero-order valence-corrected chi connectivity index (χ0v) is 11.3. The second kappa shape index (κ2) is 13.3. The minimum Gasteiger partial charge on any atom is -1.00 e. The molecule has 0 aliphatic carbocycles. The second-order valence-corrected chi connectivity index (χ2v) is 3.87. The molecule has 0 aliphatic heterocycles. The fourth-order valence-corrected chi connectivity index (χ4v) is 0. The first-order chi connectivity index (χ1) is 5.91. The summed E-state index contributed by atoms with van der Waals surface area (Å²) in [5.41, 5.74) is 0. The summed E-state index contributed by atoms with van der Waals surface area (Å²) in [4.78, 5) is 43.1. The van der Waals surface area contributed by atoms with Crippen molar-refractivity contribution in [2.24, 2.45) is 0 Å². The van der Waals surface area contributed by atoms with Crippen molar-refractivity contribution in [1.82, 2.24) is 0 Å². The summed E-state index contributed by atoms with van der Waals surface area (Å²) in [5, 5.41) is 7.74. The maximum absolute atomic E-state index is 8.88. The quantitative estimate of drug-likeness (QED) is 0.167. The predicted octanol–water partition coefficient (Wildman–Crippen LogP) is -1.80. The van der Waals surface area contributed by atoms with Crippen LogP contribution in [-0.2, 0) is 9.13 Å². The van der Waals surface area contributed by atoms with Gasteiger partial charge in [0.1, 0.15) is 0 Å². The van der Waals surface area contributed by atoms with Gasteiger partial charge in [0, 0.05) is 5.88 Å². The summed E-state index contributed by atoms with van der Waals surface area (Å²) in [6.07, 6.45) is 0. The Morgan fingerprint density at radius 1 is 0.933 bits per heavy atom. The van der Waals surface area contributed by atoms with Crippen molar-refractivity contribution >= 4 is 50.3 Å². The van der Waals surface area contributed by atoms with Gasteiger partial charge in [-0.3, -0.25) is 0 Å². The van der Waals surface area contributed by atoms with Crippen molar-refractivity contribution in [3.8, 4) is 0 Å². The molecule has 0 rings (SSSR count). The Kier molecular flexibility index (Phi) is 22.3. The topological polar surface area (TPSA) is 176 Å². The van der Waals surface area contributed by atoms with Crippen molar-refractivity contribution in [1.29, 1.82) is 0 Å². The van der Waals surface area contributed by atoms with Crippen molar-refractivity contribution in [3.05, 3.63) is 0 Å². The zero-order chi connectivity index (χ0) is 12.4. The molecule has 0 atom stereocenters. The average molecular weight is 303 g/mol. The van der Waals surface area contributed by atoms with Crippen LogP contribution in [-0.4, -0.2) is 70.0 Å². The minimum atomic E-state index is -4.64. The van der Waals surface area contributed by atoms with E-state index in [0.29, 0.717) is 5.88 Å². The number of hydrogen-bond donors (Lipinski definition) is 7. The van der Waals surface area contributed by atoms with Crippen LogP contribution in [0.1, 0.15) is 2.85 Å². The standard InChI is InChI=1S/C2H5ClO.Mg.2H3O4P.2H/c3-1-2-4;;2*1-5(2,3)4;;/h4H,1-2H2;;2*(H3,1,2,3,4);;/q;+2;;;2*-1. The van der Waals surface area contributed by atoms with Gasteiger partial charge in [-0.1, -0.05) is 0 Å². The molecule has 0 aromatic rings. The Bertz CT molecular complexity index is 169. The maximum Gasteiger partial charge on any atom is 2.00 e. The predicted molar refractivity (Wildman–Crippen MR) is 54.3 cm³/mol. The fourth-order valence-electron chi connectivity index (χ4n) is 0. The van der Waals surface area contributed by atoms with Crippen LogP contribution in [0.5, 0.6) is 0 Å². The van der Waals surface area contributed by atoms with Crippen LogP contribution >= 0.6 is 27.2 Å². The normalized spacial score (nSPS) is 9.87. The third-order valence-corrected chi connectivity index (χ3v) is 0.254. The van der Waals surface area contributed by atoms with E-state index >= 15 is 0 Å². The summed E-state index contributed by atoms with van der Waals surface area (Å²) < 4.78 is 17.8. The molecule has 0 aliphatic rings. The van der Waals surface area contributed by atoms with Gasteiger partial charge in [0.2, 0.25) is 0 Å². The van der Waals surface area contributed by atoms with E-state index in [9.17, 15) is 0 Å². The number of rotatable bonds is 1. The molecule has 0 aromatic heterocycles. The molecule has 0 fully saturated rings. The summed E-state index contributed by atoms with van der Waals surface area (Å²) in [7, 11) is -9.28. The van der Waals surface area contributed by atoms with E-state index in [1.807, 2.05) is 0 Å². The van der Waals surface area contributed by atoms with Crippen LogP contribution in [0.2, 0.25) is 0 Å². The minimum absolute atomic E-state index is 0. The van der Waals surface area contributed by atoms with Gasteiger partial charge in [-0.25, -0.2) is 9.13 Å². The second-order valence-electron chi connectivity index (χ2n) is 1.44. The van der Waals surface area contributed by atoms with Gasteiger partial charge in [-0.05, 0) is 0 Å². The van der Waals surface area contributed by atoms with Crippen LogP contribution in [0.3, 0.4) is 0 Å². The first-order valence-corrected chi connectivity index (χ1v) is 6.31. The van der Waals surface area contributed by atoms with Gasteiger partial charge in [0.15, 0.2) is 0 Å². The number of phosphoric acid groups is 2. The number of aliphatic hydroxyl groups excluding tert-OH is 1. The number of hydrogen-bond acceptors (Lipinski definition) is 3. The molecule has 0 unspecified atom stereocenters. The van der Waals surface area contributed by atoms with Crippen LogP contribution in [0.4, 0.5) is 0 Å². The third-order valence-electron chi connectivity index (χ3n) is 0.0845. The fraction of sp³-hybridized carbons (Fsp3) is 1.00. The molecule has 0 amide bonds. The molecule has 0 heterocycles. The molecular formula is C2H13ClMgO9P2. The molecule has 13 heteroatoms. The summed E-state index contributed by atoms with van der Waals surface area (Å²) in [6, 6.07) is 0.